The van der Waals surface area contributed by atoms with Crippen molar-refractivity contribution < 1.29 is 14.3 Å². The highest BCUT2D eigenvalue weighted by Gasteiger charge is 2.23. The van der Waals surface area contributed by atoms with Crippen molar-refractivity contribution in [2.24, 2.45) is 5.92 Å². The molecule has 4 heteroatoms. The molecule has 0 saturated heterocycles. The van der Waals surface area contributed by atoms with Gasteiger partial charge >= 0.3 is 5.97 Å². The van der Waals surface area contributed by atoms with E-state index >= 15 is 0 Å². The highest BCUT2D eigenvalue weighted by Crippen LogP contribution is 2.26. The Balaban J connectivity index is 2.73. The summed E-state index contributed by atoms with van der Waals surface area (Å²) >= 11 is 0. The second-order valence-electron chi connectivity index (χ2n) is 5.12. The number of fused-ring (bicyclic) bond motifs is 1. The van der Waals surface area contributed by atoms with Crippen LogP contribution < -0.4 is 0 Å². The van der Waals surface area contributed by atoms with E-state index in [1.165, 1.54) is 0 Å². The third-order valence-corrected chi connectivity index (χ3v) is 3.14. The van der Waals surface area contributed by atoms with Crippen molar-refractivity contribution in [1.82, 2.24) is 4.57 Å². The van der Waals surface area contributed by atoms with Crippen LogP contribution in [-0.2, 0) is 11.3 Å². The van der Waals surface area contributed by atoms with E-state index < -0.39 is 5.97 Å². The van der Waals surface area contributed by atoms with Crippen LogP contribution in [0.2, 0.25) is 0 Å². The number of aldehydes is 1. The van der Waals surface area contributed by atoms with Crippen LogP contribution in [0.15, 0.2) is 24.3 Å². The number of carbonyl (C=O) groups excluding carboxylic acids is 2. The van der Waals surface area contributed by atoms with Crippen molar-refractivity contribution in [3.05, 3.63) is 35.5 Å². The third-order valence-electron chi connectivity index (χ3n) is 3.14. The molecule has 0 N–H and O–H groups in total. The summed E-state index contributed by atoms with van der Waals surface area (Å²) in [5.74, 6) is -0.0788. The number of aromatic nitrogens is 1. The van der Waals surface area contributed by atoms with Gasteiger partial charge in [0.1, 0.15) is 5.69 Å². The number of hydrogen-bond donors (Lipinski definition) is 0. The van der Waals surface area contributed by atoms with Gasteiger partial charge in [-0.05, 0) is 18.9 Å². The van der Waals surface area contributed by atoms with Crippen molar-refractivity contribution in [2.75, 3.05) is 6.61 Å². The number of benzene rings is 1. The molecule has 0 spiro atoms. The van der Waals surface area contributed by atoms with Gasteiger partial charge in [-0.15, -0.1) is 0 Å². The van der Waals surface area contributed by atoms with Crippen molar-refractivity contribution in [3.63, 3.8) is 0 Å². The van der Waals surface area contributed by atoms with Crippen molar-refractivity contribution in [1.29, 1.82) is 0 Å². The summed E-state index contributed by atoms with van der Waals surface area (Å²) < 4.78 is 6.99. The van der Waals surface area contributed by atoms with Gasteiger partial charge in [-0.3, -0.25) is 4.79 Å². The quantitative estimate of drug-likeness (QED) is 0.620. The summed E-state index contributed by atoms with van der Waals surface area (Å²) in [6, 6.07) is 7.55. The predicted molar refractivity (Wildman–Crippen MR) is 78.1 cm³/mol. The Kier molecular flexibility index (Phi) is 4.23. The molecular formula is C16H19NO3. The molecule has 0 atom stereocenters. The molecule has 0 aliphatic rings. The average Bonchev–Trinajstić information content (AvgIpc) is 2.72. The molecule has 106 valence electrons. The van der Waals surface area contributed by atoms with Crippen LogP contribution in [0.25, 0.3) is 10.9 Å². The summed E-state index contributed by atoms with van der Waals surface area (Å²) in [7, 11) is 0. The van der Waals surface area contributed by atoms with Crippen LogP contribution in [0, 0.1) is 5.92 Å². The minimum absolute atomic E-state index is 0.292. The molecule has 0 radical (unpaired) electrons. The van der Waals surface area contributed by atoms with Gasteiger partial charge in [0.25, 0.3) is 0 Å². The maximum Gasteiger partial charge on any atom is 0.355 e. The third kappa shape index (κ3) is 2.46. The lowest BCUT2D eigenvalue weighted by molar-refractivity contribution is 0.0511. The molecule has 1 aromatic heterocycles. The lowest BCUT2D eigenvalue weighted by Crippen LogP contribution is -2.16. The average molecular weight is 273 g/mol. The van der Waals surface area contributed by atoms with Gasteiger partial charge in [-0.1, -0.05) is 32.0 Å². The fourth-order valence-corrected chi connectivity index (χ4v) is 2.42. The van der Waals surface area contributed by atoms with Gasteiger partial charge in [0, 0.05) is 17.4 Å². The predicted octanol–water partition coefficient (Wildman–Crippen LogP) is 3.29. The molecule has 0 saturated carbocycles. The summed E-state index contributed by atoms with van der Waals surface area (Å²) in [5.41, 5.74) is 1.67. The lowest BCUT2D eigenvalue weighted by Gasteiger charge is -2.12. The number of carbonyl (C=O) groups is 2. The van der Waals surface area contributed by atoms with Crippen molar-refractivity contribution in [2.45, 2.75) is 27.3 Å². The molecule has 0 fully saturated rings. The van der Waals surface area contributed by atoms with Crippen molar-refractivity contribution >= 4 is 23.2 Å². The van der Waals surface area contributed by atoms with E-state index in [2.05, 4.69) is 13.8 Å². The maximum atomic E-state index is 12.2. The number of para-hydroxylation sites is 1. The van der Waals surface area contributed by atoms with E-state index in [0.717, 1.165) is 17.2 Å². The second kappa shape index (κ2) is 5.90. The second-order valence-corrected chi connectivity index (χ2v) is 5.12. The monoisotopic (exact) mass is 273 g/mol. The van der Waals surface area contributed by atoms with Crippen molar-refractivity contribution in [3.8, 4) is 0 Å². The zero-order valence-corrected chi connectivity index (χ0v) is 12.1. The maximum absolute atomic E-state index is 12.2. The molecule has 0 bridgehead atoms. The number of nitrogens with zero attached hydrogens (tertiary/aromatic N) is 1. The van der Waals surface area contributed by atoms with Crippen LogP contribution in [0.4, 0.5) is 0 Å². The zero-order chi connectivity index (χ0) is 14.7. The number of rotatable bonds is 5. The molecular weight excluding hydrogens is 254 g/mol. The van der Waals surface area contributed by atoms with Gasteiger partial charge in [0.2, 0.25) is 0 Å². The number of esters is 1. The molecule has 1 aromatic carbocycles. The van der Waals surface area contributed by atoms with E-state index in [-0.39, 0.29) is 0 Å². The first kappa shape index (κ1) is 14.3. The zero-order valence-electron chi connectivity index (χ0n) is 12.1. The fourth-order valence-electron chi connectivity index (χ4n) is 2.42. The Hall–Kier alpha value is -2.10. The Labute approximate surface area is 118 Å². The van der Waals surface area contributed by atoms with E-state index in [1.807, 2.05) is 28.8 Å². The molecule has 4 nitrogen and oxygen atoms in total. The van der Waals surface area contributed by atoms with Gasteiger partial charge in [0.15, 0.2) is 6.29 Å². The van der Waals surface area contributed by atoms with Crippen LogP contribution in [0.5, 0.6) is 0 Å². The Morgan fingerprint density at radius 1 is 1.35 bits per heavy atom. The van der Waals surface area contributed by atoms with Crippen LogP contribution >= 0.6 is 0 Å². The van der Waals surface area contributed by atoms with E-state index in [0.29, 0.717) is 30.3 Å². The van der Waals surface area contributed by atoms with Crippen LogP contribution in [0.1, 0.15) is 41.6 Å². The SMILES string of the molecule is CCOC(=O)c1c(C=O)c2ccccc2n1CC(C)C. The molecule has 0 aliphatic heterocycles. The van der Waals surface area contributed by atoms with E-state index in [4.69, 9.17) is 4.74 Å². The van der Waals surface area contributed by atoms with Gasteiger partial charge in [-0.25, -0.2) is 4.79 Å². The summed E-state index contributed by atoms with van der Waals surface area (Å²) in [4.78, 5) is 23.6. The number of ether oxygens (including phenoxy) is 1. The standard InChI is InChI=1S/C16H19NO3/c1-4-20-16(19)15-13(10-18)12-7-5-6-8-14(12)17(15)9-11(2)3/h5-8,10-11H,4,9H2,1-3H3. The molecule has 2 rings (SSSR count). The Morgan fingerprint density at radius 3 is 2.65 bits per heavy atom. The molecule has 0 aliphatic carbocycles. The smallest absolute Gasteiger partial charge is 0.355 e. The first-order valence-electron chi connectivity index (χ1n) is 6.83. The van der Waals surface area contributed by atoms with Gasteiger partial charge < -0.3 is 9.30 Å². The van der Waals surface area contributed by atoms with Crippen LogP contribution in [-0.4, -0.2) is 23.4 Å². The van der Waals surface area contributed by atoms with E-state index in [9.17, 15) is 9.59 Å². The topological polar surface area (TPSA) is 48.3 Å². The number of hydrogen-bond acceptors (Lipinski definition) is 3. The minimum Gasteiger partial charge on any atom is -0.461 e. The largest absolute Gasteiger partial charge is 0.461 e. The molecule has 0 unspecified atom stereocenters. The van der Waals surface area contributed by atoms with Gasteiger partial charge in [0.05, 0.1) is 12.2 Å². The lowest BCUT2D eigenvalue weighted by atomic mass is 10.1. The highest BCUT2D eigenvalue weighted by molar-refractivity contribution is 6.08. The van der Waals surface area contributed by atoms with Crippen LogP contribution in [0.3, 0.4) is 0 Å². The Morgan fingerprint density at radius 2 is 2.05 bits per heavy atom. The first-order valence-corrected chi connectivity index (χ1v) is 6.83. The molecule has 0 amide bonds. The van der Waals surface area contributed by atoms with Gasteiger partial charge in [-0.2, -0.15) is 0 Å². The fraction of sp³-hybridized carbons (Fsp3) is 0.375. The Bertz CT molecular complexity index is 640. The summed E-state index contributed by atoms with van der Waals surface area (Å²) in [5, 5.41) is 0.797. The van der Waals surface area contributed by atoms with E-state index in [1.54, 1.807) is 6.92 Å². The molecule has 2 aromatic rings. The summed E-state index contributed by atoms with van der Waals surface area (Å²) in [6.45, 7) is 6.87. The molecule has 20 heavy (non-hydrogen) atoms. The summed E-state index contributed by atoms with van der Waals surface area (Å²) in [6.07, 6.45) is 0.741. The first-order chi connectivity index (χ1) is 9.60. The normalized spacial score (nSPS) is 11.0. The minimum atomic E-state index is -0.438. The molecule has 1 heterocycles. The highest BCUT2D eigenvalue weighted by atomic mass is 16.5.